The summed E-state index contributed by atoms with van der Waals surface area (Å²) < 4.78 is 32.3. The lowest BCUT2D eigenvalue weighted by Gasteiger charge is -2.13. The number of amides is 1. The second kappa shape index (κ2) is 8.97. The molecule has 152 valence electrons. The van der Waals surface area contributed by atoms with Crippen LogP contribution in [0.3, 0.4) is 0 Å². The van der Waals surface area contributed by atoms with Gasteiger partial charge in [-0.2, -0.15) is 0 Å². The van der Waals surface area contributed by atoms with E-state index in [0.717, 1.165) is 5.56 Å². The van der Waals surface area contributed by atoms with E-state index in [-0.39, 0.29) is 24.0 Å². The zero-order valence-corrected chi connectivity index (χ0v) is 16.9. The number of hydrogen-bond donors (Lipinski definition) is 2. The predicted octanol–water partition coefficient (Wildman–Crippen LogP) is 2.49. The Hall–Kier alpha value is -3.04. The van der Waals surface area contributed by atoms with Gasteiger partial charge in [-0.15, -0.1) is 0 Å². The van der Waals surface area contributed by atoms with Crippen LogP contribution in [0.2, 0.25) is 0 Å². The van der Waals surface area contributed by atoms with Gasteiger partial charge in [-0.1, -0.05) is 29.4 Å². The molecule has 29 heavy (non-hydrogen) atoms. The molecule has 0 unspecified atom stereocenters. The molecule has 0 spiro atoms. The van der Waals surface area contributed by atoms with Crippen molar-refractivity contribution in [3.05, 3.63) is 71.7 Å². The quantitative estimate of drug-likeness (QED) is 0.585. The maximum atomic E-state index is 12.4. The SMILES string of the molecule is CC(C)NS(=O)(=O)Cc1ccccc1CNC(=O)c1cc(-c2ccncc2)on1. The van der Waals surface area contributed by atoms with Crippen LogP contribution in [0.1, 0.15) is 35.5 Å². The molecule has 2 N–H and O–H groups in total. The van der Waals surface area contributed by atoms with E-state index in [1.807, 2.05) is 0 Å². The van der Waals surface area contributed by atoms with Crippen molar-refractivity contribution in [1.82, 2.24) is 20.2 Å². The van der Waals surface area contributed by atoms with Gasteiger partial charge in [-0.3, -0.25) is 9.78 Å². The number of carbonyl (C=O) groups is 1. The van der Waals surface area contributed by atoms with Gasteiger partial charge in [0.15, 0.2) is 11.5 Å². The molecule has 0 radical (unpaired) electrons. The van der Waals surface area contributed by atoms with E-state index >= 15 is 0 Å². The molecule has 0 atom stereocenters. The van der Waals surface area contributed by atoms with Crippen molar-refractivity contribution in [2.45, 2.75) is 32.2 Å². The summed E-state index contributed by atoms with van der Waals surface area (Å²) in [6, 6.07) is 12.0. The van der Waals surface area contributed by atoms with Crippen LogP contribution in [0.25, 0.3) is 11.3 Å². The van der Waals surface area contributed by atoms with Gasteiger partial charge in [0.25, 0.3) is 5.91 Å². The summed E-state index contributed by atoms with van der Waals surface area (Å²) in [6.07, 6.45) is 3.24. The number of rotatable bonds is 8. The van der Waals surface area contributed by atoms with E-state index in [4.69, 9.17) is 4.52 Å². The van der Waals surface area contributed by atoms with Crippen LogP contribution in [0.15, 0.2) is 59.4 Å². The molecule has 0 aliphatic rings. The highest BCUT2D eigenvalue weighted by Gasteiger charge is 2.17. The van der Waals surface area contributed by atoms with Gasteiger partial charge in [-0.25, -0.2) is 13.1 Å². The minimum absolute atomic E-state index is 0.142. The van der Waals surface area contributed by atoms with Crippen molar-refractivity contribution >= 4 is 15.9 Å². The Labute approximate surface area is 169 Å². The molecular formula is C20H22N4O4S. The molecule has 0 saturated heterocycles. The van der Waals surface area contributed by atoms with Crippen molar-refractivity contribution in [1.29, 1.82) is 0 Å². The van der Waals surface area contributed by atoms with Gasteiger partial charge < -0.3 is 9.84 Å². The number of pyridine rings is 1. The third-order valence-corrected chi connectivity index (χ3v) is 5.55. The van der Waals surface area contributed by atoms with E-state index in [9.17, 15) is 13.2 Å². The number of nitrogens with one attached hydrogen (secondary N) is 2. The molecule has 2 heterocycles. The van der Waals surface area contributed by atoms with Crippen LogP contribution in [0.4, 0.5) is 0 Å². The predicted molar refractivity (Wildman–Crippen MR) is 108 cm³/mol. The fourth-order valence-electron chi connectivity index (χ4n) is 2.78. The summed E-state index contributed by atoms with van der Waals surface area (Å²) >= 11 is 0. The smallest absolute Gasteiger partial charge is 0.273 e. The molecule has 2 aromatic heterocycles. The lowest BCUT2D eigenvalue weighted by molar-refractivity contribution is 0.0942. The van der Waals surface area contributed by atoms with Gasteiger partial charge in [-0.05, 0) is 37.1 Å². The maximum Gasteiger partial charge on any atom is 0.273 e. The lowest BCUT2D eigenvalue weighted by Crippen LogP contribution is -2.32. The van der Waals surface area contributed by atoms with Gasteiger partial charge in [0, 0.05) is 36.6 Å². The highest BCUT2D eigenvalue weighted by molar-refractivity contribution is 7.88. The summed E-state index contributed by atoms with van der Waals surface area (Å²) in [5, 5.41) is 6.56. The summed E-state index contributed by atoms with van der Waals surface area (Å²) in [4.78, 5) is 16.4. The number of hydrogen-bond acceptors (Lipinski definition) is 6. The molecule has 9 heteroatoms. The molecule has 0 aliphatic heterocycles. The standard InChI is InChI=1S/C20H22N4O4S/c1-14(2)24-29(26,27)13-17-6-4-3-5-16(17)12-22-20(25)18-11-19(28-23-18)15-7-9-21-10-8-15/h3-11,14,24H,12-13H2,1-2H3,(H,22,25). The van der Waals surface area contributed by atoms with Gasteiger partial charge in [0.2, 0.25) is 10.0 Å². The Morgan fingerprint density at radius 3 is 2.48 bits per heavy atom. The van der Waals surface area contributed by atoms with Crippen LogP contribution in [0, 0.1) is 0 Å². The van der Waals surface area contributed by atoms with Crippen LogP contribution in [-0.4, -0.2) is 30.5 Å². The molecule has 0 saturated carbocycles. The van der Waals surface area contributed by atoms with Crippen molar-refractivity contribution in [2.24, 2.45) is 0 Å². The van der Waals surface area contributed by atoms with Crippen molar-refractivity contribution in [3.63, 3.8) is 0 Å². The second-order valence-electron chi connectivity index (χ2n) is 6.80. The highest BCUT2D eigenvalue weighted by atomic mass is 32.2. The summed E-state index contributed by atoms with van der Waals surface area (Å²) in [7, 11) is -3.47. The topological polar surface area (TPSA) is 114 Å². The zero-order valence-electron chi connectivity index (χ0n) is 16.1. The number of sulfonamides is 1. The normalized spacial score (nSPS) is 11.6. The van der Waals surface area contributed by atoms with E-state index in [0.29, 0.717) is 16.9 Å². The fraction of sp³-hybridized carbons (Fsp3) is 0.250. The molecule has 0 aliphatic carbocycles. The average molecular weight is 414 g/mol. The Bertz CT molecular complexity index is 1080. The number of benzene rings is 1. The van der Waals surface area contributed by atoms with Crippen LogP contribution < -0.4 is 10.0 Å². The minimum Gasteiger partial charge on any atom is -0.355 e. The van der Waals surface area contributed by atoms with Crippen molar-refractivity contribution < 1.29 is 17.7 Å². The van der Waals surface area contributed by atoms with E-state index < -0.39 is 15.9 Å². The highest BCUT2D eigenvalue weighted by Crippen LogP contribution is 2.19. The van der Waals surface area contributed by atoms with E-state index in [1.165, 1.54) is 0 Å². The average Bonchev–Trinajstić information content (AvgIpc) is 3.17. The first-order valence-corrected chi connectivity index (χ1v) is 10.7. The number of carbonyl (C=O) groups excluding carboxylic acids is 1. The molecule has 0 bridgehead atoms. The molecular weight excluding hydrogens is 392 g/mol. The van der Waals surface area contributed by atoms with Gasteiger partial charge >= 0.3 is 0 Å². The van der Waals surface area contributed by atoms with Crippen molar-refractivity contribution in [2.75, 3.05) is 0 Å². The lowest BCUT2D eigenvalue weighted by atomic mass is 10.1. The minimum atomic E-state index is -3.47. The monoisotopic (exact) mass is 414 g/mol. The third kappa shape index (κ3) is 5.72. The van der Waals surface area contributed by atoms with E-state index in [1.54, 1.807) is 68.7 Å². The molecule has 1 amide bonds. The second-order valence-corrected chi connectivity index (χ2v) is 8.55. The Kier molecular flexibility index (Phi) is 6.40. The maximum absolute atomic E-state index is 12.4. The Balaban J connectivity index is 1.68. The number of nitrogens with zero attached hydrogens (tertiary/aromatic N) is 2. The first kappa shape index (κ1) is 20.7. The summed E-state index contributed by atoms with van der Waals surface area (Å²) in [6.45, 7) is 3.70. The van der Waals surface area contributed by atoms with E-state index in [2.05, 4.69) is 20.2 Å². The zero-order chi connectivity index (χ0) is 20.9. The molecule has 0 fully saturated rings. The molecule has 1 aromatic carbocycles. The van der Waals surface area contributed by atoms with Crippen molar-refractivity contribution in [3.8, 4) is 11.3 Å². The first-order valence-electron chi connectivity index (χ1n) is 9.06. The molecule has 3 rings (SSSR count). The largest absolute Gasteiger partial charge is 0.355 e. The number of aromatic nitrogens is 2. The van der Waals surface area contributed by atoms with Crippen LogP contribution >= 0.6 is 0 Å². The summed E-state index contributed by atoms with van der Waals surface area (Å²) in [5.41, 5.74) is 2.24. The molecule has 8 nitrogen and oxygen atoms in total. The van der Waals surface area contributed by atoms with Gasteiger partial charge in [0.1, 0.15) is 0 Å². The molecule has 3 aromatic rings. The summed E-state index contributed by atoms with van der Waals surface area (Å²) in [5.74, 6) is -0.108. The third-order valence-electron chi connectivity index (χ3n) is 4.03. The Morgan fingerprint density at radius 2 is 1.79 bits per heavy atom. The fourth-order valence-corrected chi connectivity index (χ4v) is 4.27. The van der Waals surface area contributed by atoms with Crippen LogP contribution in [0.5, 0.6) is 0 Å². The first-order chi connectivity index (χ1) is 13.8. The van der Waals surface area contributed by atoms with Gasteiger partial charge in [0.05, 0.1) is 5.75 Å². The Morgan fingerprint density at radius 1 is 1.10 bits per heavy atom. The van der Waals surface area contributed by atoms with Crippen LogP contribution in [-0.2, 0) is 22.3 Å².